The lowest BCUT2D eigenvalue weighted by Gasteiger charge is -2.56. The van der Waals surface area contributed by atoms with Gasteiger partial charge in [0, 0.05) is 16.5 Å². The SMILES string of the molecule is ClCc1cnc(C23CC4CC(CC(C4)C2)C3)s1. The van der Waals surface area contributed by atoms with Crippen molar-refractivity contribution in [3.05, 3.63) is 16.1 Å². The number of nitrogens with zero attached hydrogens (tertiary/aromatic N) is 1. The highest BCUT2D eigenvalue weighted by Crippen LogP contribution is 2.61. The fraction of sp³-hybridized carbons (Fsp3) is 0.786. The van der Waals surface area contributed by atoms with Crippen molar-refractivity contribution < 1.29 is 0 Å². The van der Waals surface area contributed by atoms with Crippen LogP contribution in [0.3, 0.4) is 0 Å². The zero-order chi connectivity index (χ0) is 11.5. The van der Waals surface area contributed by atoms with Crippen molar-refractivity contribution >= 4 is 22.9 Å². The van der Waals surface area contributed by atoms with Crippen LogP contribution in [0, 0.1) is 17.8 Å². The average molecular weight is 268 g/mol. The molecule has 0 saturated heterocycles. The molecule has 5 rings (SSSR count). The third kappa shape index (κ3) is 1.60. The number of hydrogen-bond donors (Lipinski definition) is 0. The molecule has 17 heavy (non-hydrogen) atoms. The molecule has 0 amide bonds. The van der Waals surface area contributed by atoms with E-state index in [-0.39, 0.29) is 0 Å². The Labute approximate surface area is 112 Å². The Balaban J connectivity index is 1.72. The molecule has 0 unspecified atom stereocenters. The third-order valence-electron chi connectivity index (χ3n) is 5.18. The number of alkyl halides is 1. The van der Waals surface area contributed by atoms with Crippen LogP contribution < -0.4 is 0 Å². The summed E-state index contributed by atoms with van der Waals surface area (Å²) in [5.41, 5.74) is 0.462. The Hall–Kier alpha value is -0.0800. The van der Waals surface area contributed by atoms with Crippen molar-refractivity contribution in [1.82, 2.24) is 4.98 Å². The molecule has 3 heteroatoms. The summed E-state index contributed by atoms with van der Waals surface area (Å²) >= 11 is 7.80. The van der Waals surface area contributed by atoms with E-state index in [1.54, 1.807) is 0 Å². The van der Waals surface area contributed by atoms with E-state index in [1.807, 2.05) is 17.5 Å². The Bertz CT molecular complexity index is 404. The number of thiazole rings is 1. The summed E-state index contributed by atoms with van der Waals surface area (Å²) in [5.74, 6) is 3.64. The minimum Gasteiger partial charge on any atom is -0.249 e. The van der Waals surface area contributed by atoms with Crippen LogP contribution in [0.2, 0.25) is 0 Å². The van der Waals surface area contributed by atoms with Crippen LogP contribution in [-0.2, 0) is 11.3 Å². The molecule has 0 aliphatic heterocycles. The largest absolute Gasteiger partial charge is 0.249 e. The normalized spacial score (nSPS) is 43.2. The van der Waals surface area contributed by atoms with E-state index >= 15 is 0 Å². The lowest BCUT2D eigenvalue weighted by Crippen LogP contribution is -2.48. The standard InChI is InChI=1S/C14H18ClNS/c15-7-12-8-16-13(17-12)14-4-9-1-10(5-14)3-11(2-9)6-14/h8-11H,1-7H2. The van der Waals surface area contributed by atoms with Crippen LogP contribution in [-0.4, -0.2) is 4.98 Å². The highest BCUT2D eigenvalue weighted by molar-refractivity contribution is 7.12. The number of halogens is 1. The second kappa shape index (κ2) is 3.71. The van der Waals surface area contributed by atoms with Crippen LogP contribution in [0.5, 0.6) is 0 Å². The monoisotopic (exact) mass is 267 g/mol. The second-order valence-corrected chi connectivity index (χ2v) is 7.85. The summed E-state index contributed by atoms with van der Waals surface area (Å²) in [5, 5.41) is 1.41. The number of rotatable bonds is 2. The Morgan fingerprint density at radius 2 is 1.76 bits per heavy atom. The zero-order valence-electron chi connectivity index (χ0n) is 9.99. The minimum absolute atomic E-state index is 0.462. The first-order valence-corrected chi connectivity index (χ1v) is 8.14. The molecule has 1 aromatic heterocycles. The highest BCUT2D eigenvalue weighted by atomic mass is 35.5. The molecule has 4 fully saturated rings. The van der Waals surface area contributed by atoms with Crippen molar-refractivity contribution in [3.8, 4) is 0 Å². The molecule has 4 saturated carbocycles. The summed E-state index contributed by atoms with van der Waals surface area (Å²) < 4.78 is 0. The first kappa shape index (κ1) is 10.8. The van der Waals surface area contributed by atoms with Crippen molar-refractivity contribution in [2.75, 3.05) is 0 Å². The van der Waals surface area contributed by atoms with Crippen LogP contribution in [0.25, 0.3) is 0 Å². The van der Waals surface area contributed by atoms with Crippen LogP contribution in [0.1, 0.15) is 48.4 Å². The van der Waals surface area contributed by atoms with Gasteiger partial charge in [-0.1, -0.05) is 0 Å². The maximum Gasteiger partial charge on any atom is 0.0990 e. The van der Waals surface area contributed by atoms with Crippen molar-refractivity contribution in [2.24, 2.45) is 17.8 Å². The van der Waals surface area contributed by atoms with Crippen LogP contribution >= 0.6 is 22.9 Å². The molecule has 0 radical (unpaired) electrons. The summed E-state index contributed by atoms with van der Waals surface area (Å²) in [6.45, 7) is 0. The number of hydrogen-bond acceptors (Lipinski definition) is 2. The van der Waals surface area contributed by atoms with Crippen LogP contribution in [0.4, 0.5) is 0 Å². The van der Waals surface area contributed by atoms with Gasteiger partial charge in [-0.2, -0.15) is 0 Å². The molecule has 0 aromatic carbocycles. The smallest absolute Gasteiger partial charge is 0.0990 e. The van der Waals surface area contributed by atoms with Gasteiger partial charge in [-0.05, 0) is 56.3 Å². The molecule has 0 atom stereocenters. The van der Waals surface area contributed by atoms with E-state index in [0.717, 1.165) is 17.8 Å². The van der Waals surface area contributed by atoms with Gasteiger partial charge >= 0.3 is 0 Å². The Kier molecular flexibility index (Phi) is 2.36. The van der Waals surface area contributed by atoms with Gasteiger partial charge in [-0.15, -0.1) is 22.9 Å². The van der Waals surface area contributed by atoms with E-state index in [9.17, 15) is 0 Å². The minimum atomic E-state index is 0.462. The van der Waals surface area contributed by atoms with Crippen molar-refractivity contribution in [1.29, 1.82) is 0 Å². The van der Waals surface area contributed by atoms with Gasteiger partial charge in [0.15, 0.2) is 0 Å². The maximum absolute atomic E-state index is 5.92. The van der Waals surface area contributed by atoms with Crippen molar-refractivity contribution in [2.45, 2.75) is 49.8 Å². The quantitative estimate of drug-likeness (QED) is 0.726. The van der Waals surface area contributed by atoms with E-state index in [1.165, 1.54) is 48.4 Å². The van der Waals surface area contributed by atoms with E-state index in [2.05, 4.69) is 0 Å². The van der Waals surface area contributed by atoms with Gasteiger partial charge in [0.1, 0.15) is 0 Å². The molecule has 1 heterocycles. The second-order valence-electron chi connectivity index (χ2n) is 6.46. The average Bonchev–Trinajstić information content (AvgIpc) is 2.76. The van der Waals surface area contributed by atoms with E-state index in [4.69, 9.17) is 16.6 Å². The molecule has 1 aromatic rings. The van der Waals surface area contributed by atoms with Crippen LogP contribution in [0.15, 0.2) is 6.20 Å². The predicted molar refractivity (Wildman–Crippen MR) is 71.5 cm³/mol. The topological polar surface area (TPSA) is 12.9 Å². The fourth-order valence-electron chi connectivity index (χ4n) is 4.99. The Morgan fingerprint density at radius 1 is 1.18 bits per heavy atom. The van der Waals surface area contributed by atoms with Gasteiger partial charge in [-0.3, -0.25) is 0 Å². The molecule has 92 valence electrons. The first-order chi connectivity index (χ1) is 8.27. The van der Waals surface area contributed by atoms with Gasteiger partial charge in [-0.25, -0.2) is 4.98 Å². The van der Waals surface area contributed by atoms with Gasteiger partial charge in [0.25, 0.3) is 0 Å². The summed E-state index contributed by atoms with van der Waals surface area (Å²) in [7, 11) is 0. The predicted octanol–water partition coefficient (Wildman–Crippen LogP) is 4.35. The zero-order valence-corrected chi connectivity index (χ0v) is 11.6. The summed E-state index contributed by atoms with van der Waals surface area (Å²) in [6.07, 6.45) is 10.8. The Morgan fingerprint density at radius 3 is 2.24 bits per heavy atom. The first-order valence-electron chi connectivity index (χ1n) is 6.78. The molecular formula is C14H18ClNS. The molecule has 4 aliphatic carbocycles. The van der Waals surface area contributed by atoms with E-state index < -0.39 is 0 Å². The molecule has 4 aliphatic rings. The van der Waals surface area contributed by atoms with Gasteiger partial charge < -0.3 is 0 Å². The molecule has 1 nitrogen and oxygen atoms in total. The maximum atomic E-state index is 5.92. The van der Waals surface area contributed by atoms with Gasteiger partial charge in [0.05, 0.1) is 10.9 Å². The third-order valence-corrected chi connectivity index (χ3v) is 6.87. The lowest BCUT2D eigenvalue weighted by molar-refractivity contribution is -0.00527. The summed E-state index contributed by atoms with van der Waals surface area (Å²) in [4.78, 5) is 5.96. The molecule has 0 N–H and O–H groups in total. The van der Waals surface area contributed by atoms with E-state index in [0.29, 0.717) is 11.3 Å². The lowest BCUT2D eigenvalue weighted by atomic mass is 9.50. The molecular weight excluding hydrogens is 250 g/mol. The fourth-order valence-corrected chi connectivity index (χ4v) is 6.20. The number of aromatic nitrogens is 1. The molecule has 4 bridgehead atoms. The molecule has 0 spiro atoms. The highest BCUT2D eigenvalue weighted by Gasteiger charge is 2.52. The van der Waals surface area contributed by atoms with Gasteiger partial charge in [0.2, 0.25) is 0 Å². The summed E-state index contributed by atoms with van der Waals surface area (Å²) in [6, 6.07) is 0. The van der Waals surface area contributed by atoms with Crippen molar-refractivity contribution in [3.63, 3.8) is 0 Å².